The van der Waals surface area contributed by atoms with Crippen molar-refractivity contribution in [2.75, 3.05) is 0 Å². The van der Waals surface area contributed by atoms with Gasteiger partial charge in [-0.2, -0.15) is 0 Å². The summed E-state index contributed by atoms with van der Waals surface area (Å²) in [5.74, 6) is 0. The van der Waals surface area contributed by atoms with Gasteiger partial charge in [-0.1, -0.05) is 0 Å². The summed E-state index contributed by atoms with van der Waals surface area (Å²) in [7, 11) is -18.1. The minimum absolute atomic E-state index is 0. The first-order valence-electron chi connectivity index (χ1n) is 3.06. The van der Waals surface area contributed by atoms with Crippen molar-refractivity contribution in [3.63, 3.8) is 0 Å². The van der Waals surface area contributed by atoms with Gasteiger partial charge in [-0.05, 0) is 0 Å². The van der Waals surface area contributed by atoms with Crippen LogP contribution in [0.3, 0.4) is 0 Å². The van der Waals surface area contributed by atoms with E-state index in [4.69, 9.17) is 70.3 Å². The molecule has 0 atom stereocenters. The molecule has 0 saturated carbocycles. The van der Waals surface area contributed by atoms with E-state index < -0.39 is 45.9 Å². The molecule has 22 heavy (non-hydrogen) atoms. The SMILES string of the molecule is O=[Si]([O-])[O-].O=[Si]([O-])[O-].O=[Si]([O-])[O-].O=[Si]([O-])[O-].O=[Si]([O-])[O-].[V].[V]. The van der Waals surface area contributed by atoms with Crippen molar-refractivity contribution < 1.29 is 107 Å². The third-order valence-electron chi connectivity index (χ3n) is 0. The van der Waals surface area contributed by atoms with E-state index in [1.54, 1.807) is 0 Å². The number of rotatable bonds is 0. The molecule has 0 aliphatic carbocycles. The standard InChI is InChI=1S/5O3Si.2V/c5*1-4(2)3;;/q5*-2;;. The summed E-state index contributed by atoms with van der Waals surface area (Å²) >= 11 is 0. The van der Waals surface area contributed by atoms with Gasteiger partial charge in [0.1, 0.15) is 0 Å². The van der Waals surface area contributed by atoms with Gasteiger partial charge in [0.2, 0.25) is 0 Å². The molecule has 2 radical (unpaired) electrons. The zero-order chi connectivity index (χ0) is 17.9. The predicted octanol–water partition coefficient (Wildman–Crippen LogP) is -14.4. The van der Waals surface area contributed by atoms with E-state index in [0.717, 1.165) is 0 Å². The fourth-order valence-corrected chi connectivity index (χ4v) is 0. The van der Waals surface area contributed by atoms with Gasteiger partial charge < -0.3 is 70.3 Å². The van der Waals surface area contributed by atoms with Crippen LogP contribution in [0.2, 0.25) is 0 Å². The van der Waals surface area contributed by atoms with E-state index in [2.05, 4.69) is 0 Å². The van der Waals surface area contributed by atoms with Gasteiger partial charge in [0.05, 0.1) is 0 Å². The molecule has 0 aliphatic heterocycles. The molecule has 0 amide bonds. The molecule has 22 heteroatoms. The van der Waals surface area contributed by atoms with E-state index in [1.807, 2.05) is 0 Å². The van der Waals surface area contributed by atoms with Crippen molar-refractivity contribution in [3.05, 3.63) is 0 Å². The molecule has 0 fully saturated rings. The van der Waals surface area contributed by atoms with Crippen molar-refractivity contribution >= 4 is 45.9 Å². The molecule has 0 unspecified atom stereocenters. The zero-order valence-corrected chi connectivity index (χ0v) is 17.3. The van der Waals surface area contributed by atoms with Crippen LogP contribution in [0.15, 0.2) is 0 Å². The maximum Gasteiger partial charge on any atom is 0.0172 e. The molecule has 0 aromatic heterocycles. The normalized spacial score (nSPS) is 5.45. The largest absolute Gasteiger partial charge is 0.672 e. The van der Waals surface area contributed by atoms with Gasteiger partial charge in [-0.3, -0.25) is 0 Å². The average Bonchev–Trinajstić information content (AvgIpc) is 1.94. The van der Waals surface area contributed by atoms with Crippen LogP contribution in [0.1, 0.15) is 0 Å². The second-order valence-corrected chi connectivity index (χ2v) is 3.75. The second-order valence-electron chi connectivity index (χ2n) is 1.25. The molecule has 0 aromatic rings. The first-order chi connectivity index (χ1) is 8.66. The molecule has 0 spiro atoms. The van der Waals surface area contributed by atoms with Crippen molar-refractivity contribution in [3.8, 4) is 0 Å². The van der Waals surface area contributed by atoms with Gasteiger partial charge in [0, 0.05) is 83.0 Å². The molecule has 0 aliphatic rings. The van der Waals surface area contributed by atoms with Gasteiger partial charge in [-0.15, -0.1) is 0 Å². The summed E-state index contributed by atoms with van der Waals surface area (Å²) in [5, 5.41) is 0. The first-order valence-corrected chi connectivity index (χ1v) is 9.19. The quantitative estimate of drug-likeness (QED) is 0.289. The Morgan fingerprint density at radius 3 is 0.318 bits per heavy atom. The minimum atomic E-state index is -3.63. The van der Waals surface area contributed by atoms with Crippen molar-refractivity contribution in [2.45, 2.75) is 0 Å². The van der Waals surface area contributed by atoms with E-state index in [0.29, 0.717) is 0 Å². The summed E-state index contributed by atoms with van der Waals surface area (Å²) in [5.41, 5.74) is 0. The van der Waals surface area contributed by atoms with Crippen LogP contribution in [0.5, 0.6) is 0 Å². The Morgan fingerprint density at radius 1 is 0.318 bits per heavy atom. The van der Waals surface area contributed by atoms with Crippen molar-refractivity contribution in [1.29, 1.82) is 0 Å². The molecule has 0 saturated heterocycles. The Kier molecular flexibility index (Phi) is 72.1. The summed E-state index contributed by atoms with van der Waals surface area (Å²) in [6, 6.07) is 0. The van der Waals surface area contributed by atoms with Gasteiger partial charge in [0.15, 0.2) is 0 Å². The maximum atomic E-state index is 8.52. The van der Waals surface area contributed by atoms with E-state index in [9.17, 15) is 0 Å². The molecular weight excluding hydrogens is 482 g/mol. The number of hydrogen-bond acceptors (Lipinski definition) is 15. The number of hydrogen-bond donors (Lipinski definition) is 0. The summed E-state index contributed by atoms with van der Waals surface area (Å²) in [6.45, 7) is 0. The van der Waals surface area contributed by atoms with E-state index in [1.165, 1.54) is 0 Å². The Labute approximate surface area is 153 Å². The molecule has 0 aromatic carbocycles. The summed E-state index contributed by atoms with van der Waals surface area (Å²) < 4.78 is 42.6. The smallest absolute Gasteiger partial charge is 0.0172 e. The van der Waals surface area contributed by atoms with Crippen molar-refractivity contribution in [1.82, 2.24) is 0 Å². The molecule has 0 rings (SSSR count). The van der Waals surface area contributed by atoms with Gasteiger partial charge in [0.25, 0.3) is 0 Å². The Bertz CT molecular complexity index is 211. The maximum absolute atomic E-state index is 8.52. The average molecular weight is 482 g/mol. The molecule has 15 nitrogen and oxygen atoms in total. The van der Waals surface area contributed by atoms with Crippen LogP contribution >= 0.6 is 0 Å². The zero-order valence-electron chi connectivity index (χ0n) is 9.52. The topological polar surface area (TPSA) is 316 Å². The van der Waals surface area contributed by atoms with Gasteiger partial charge in [-0.25, -0.2) is 0 Å². The summed E-state index contributed by atoms with van der Waals surface area (Å²) in [6.07, 6.45) is 0. The minimum Gasteiger partial charge on any atom is -0.672 e. The van der Waals surface area contributed by atoms with E-state index in [-0.39, 0.29) is 37.1 Å². The fourth-order valence-electron chi connectivity index (χ4n) is 0. The fraction of sp³-hybridized carbons (Fsp3) is 0. The Balaban J connectivity index is -0.0000000250. The van der Waals surface area contributed by atoms with Crippen LogP contribution in [0.25, 0.3) is 0 Å². The van der Waals surface area contributed by atoms with Crippen LogP contribution < -0.4 is 48.0 Å². The predicted molar refractivity (Wildman–Crippen MR) is 32.2 cm³/mol. The summed E-state index contributed by atoms with van der Waals surface area (Å²) in [4.78, 5) is 85.2. The van der Waals surface area contributed by atoms with E-state index >= 15 is 0 Å². The first kappa shape index (κ1) is 42.9. The van der Waals surface area contributed by atoms with Crippen LogP contribution in [-0.4, -0.2) is 45.9 Å². The Hall–Kier alpha value is -0.747. The third-order valence-corrected chi connectivity index (χ3v) is 0. The molecule has 0 heterocycles. The van der Waals surface area contributed by atoms with Crippen LogP contribution in [-0.2, 0) is 59.4 Å². The Morgan fingerprint density at radius 2 is 0.318 bits per heavy atom. The molecule has 0 bridgehead atoms. The third kappa shape index (κ3) is 11500. The van der Waals surface area contributed by atoms with Crippen LogP contribution in [0, 0.1) is 0 Å². The van der Waals surface area contributed by atoms with Crippen LogP contribution in [0.4, 0.5) is 0 Å². The molecule has 0 N–H and O–H groups in total. The molecule has 130 valence electrons. The van der Waals surface area contributed by atoms with Gasteiger partial charge >= 0.3 is 0 Å². The second kappa shape index (κ2) is 37.0. The molecular formula is O15Si5V2-10. The van der Waals surface area contributed by atoms with Crippen molar-refractivity contribution in [2.24, 2.45) is 0 Å². The monoisotopic (exact) mass is 482 g/mol.